The lowest BCUT2D eigenvalue weighted by Gasteiger charge is -2.23. The SMILES string of the molecule is Nc1ncc(N2CCC3(CCNC3)C2)nc1-c1ncc(-c2ccccc2)[nH]1. The molecule has 1 spiro atoms. The molecule has 0 saturated carbocycles. The first-order chi connectivity index (χ1) is 13.2. The van der Waals surface area contributed by atoms with Crippen molar-refractivity contribution in [1.82, 2.24) is 25.3 Å². The van der Waals surface area contributed by atoms with Crippen molar-refractivity contribution in [2.24, 2.45) is 5.41 Å². The van der Waals surface area contributed by atoms with E-state index < -0.39 is 0 Å². The maximum absolute atomic E-state index is 6.12. The first-order valence-electron chi connectivity index (χ1n) is 9.41. The number of aromatic nitrogens is 4. The normalized spacial score (nSPS) is 22.0. The Balaban J connectivity index is 1.44. The largest absolute Gasteiger partial charge is 0.382 e. The Bertz CT molecular complexity index is 944. The molecule has 5 rings (SSSR count). The second kappa shape index (κ2) is 6.35. The van der Waals surface area contributed by atoms with Gasteiger partial charge in [-0.1, -0.05) is 30.3 Å². The van der Waals surface area contributed by atoms with Crippen LogP contribution in [0.4, 0.5) is 11.6 Å². The average molecular weight is 361 g/mol. The van der Waals surface area contributed by atoms with Crippen LogP contribution in [0.3, 0.4) is 0 Å². The van der Waals surface area contributed by atoms with E-state index in [1.807, 2.05) is 36.5 Å². The van der Waals surface area contributed by atoms with Gasteiger partial charge in [0.15, 0.2) is 17.3 Å². The molecule has 0 aliphatic carbocycles. The molecule has 4 N–H and O–H groups in total. The highest BCUT2D eigenvalue weighted by molar-refractivity contribution is 5.69. The minimum Gasteiger partial charge on any atom is -0.382 e. The number of nitrogens with one attached hydrogen (secondary N) is 2. The van der Waals surface area contributed by atoms with Gasteiger partial charge in [0.25, 0.3) is 0 Å². The van der Waals surface area contributed by atoms with Crippen LogP contribution in [0.2, 0.25) is 0 Å². The van der Waals surface area contributed by atoms with Gasteiger partial charge in [0.05, 0.1) is 18.1 Å². The first-order valence-corrected chi connectivity index (χ1v) is 9.41. The Morgan fingerprint density at radius 1 is 1.07 bits per heavy atom. The van der Waals surface area contributed by atoms with Crippen molar-refractivity contribution in [3.05, 3.63) is 42.7 Å². The summed E-state index contributed by atoms with van der Waals surface area (Å²) < 4.78 is 0. The van der Waals surface area contributed by atoms with Crippen molar-refractivity contribution in [2.45, 2.75) is 12.8 Å². The van der Waals surface area contributed by atoms with Crippen LogP contribution in [0.15, 0.2) is 42.7 Å². The van der Waals surface area contributed by atoms with Crippen LogP contribution < -0.4 is 16.0 Å². The van der Waals surface area contributed by atoms with Gasteiger partial charge in [-0.25, -0.2) is 15.0 Å². The third-order valence-corrected chi connectivity index (χ3v) is 5.77. The molecule has 2 saturated heterocycles. The van der Waals surface area contributed by atoms with Crippen LogP contribution in [0, 0.1) is 5.41 Å². The Labute approximate surface area is 158 Å². The Morgan fingerprint density at radius 3 is 2.78 bits per heavy atom. The van der Waals surface area contributed by atoms with Gasteiger partial charge in [-0.2, -0.15) is 0 Å². The molecule has 0 amide bonds. The summed E-state index contributed by atoms with van der Waals surface area (Å²) in [4.78, 5) is 19.4. The van der Waals surface area contributed by atoms with Crippen molar-refractivity contribution >= 4 is 11.6 Å². The molecular weight excluding hydrogens is 338 g/mol. The molecule has 1 atom stereocenters. The molecule has 3 aromatic rings. The number of rotatable bonds is 3. The third kappa shape index (κ3) is 2.94. The van der Waals surface area contributed by atoms with Crippen LogP contribution in [-0.4, -0.2) is 46.1 Å². The van der Waals surface area contributed by atoms with Crippen molar-refractivity contribution in [2.75, 3.05) is 36.8 Å². The number of imidazole rings is 1. The van der Waals surface area contributed by atoms with Gasteiger partial charge in [-0.05, 0) is 24.9 Å². The molecule has 7 nitrogen and oxygen atoms in total. The van der Waals surface area contributed by atoms with Gasteiger partial charge in [-0.3, -0.25) is 0 Å². The van der Waals surface area contributed by atoms with Gasteiger partial charge in [-0.15, -0.1) is 0 Å². The highest BCUT2D eigenvalue weighted by Crippen LogP contribution is 2.38. The molecule has 0 bridgehead atoms. The van der Waals surface area contributed by atoms with Crippen molar-refractivity contribution in [3.8, 4) is 22.8 Å². The van der Waals surface area contributed by atoms with Gasteiger partial charge < -0.3 is 20.9 Å². The first kappa shape index (κ1) is 16.3. The quantitative estimate of drug-likeness (QED) is 0.662. The molecule has 2 aliphatic heterocycles. The fourth-order valence-electron chi connectivity index (χ4n) is 4.20. The summed E-state index contributed by atoms with van der Waals surface area (Å²) in [5, 5.41) is 3.49. The number of hydrogen-bond acceptors (Lipinski definition) is 6. The van der Waals surface area contributed by atoms with Crippen molar-refractivity contribution < 1.29 is 0 Å². The molecule has 7 heteroatoms. The van der Waals surface area contributed by atoms with E-state index in [0.717, 1.165) is 43.3 Å². The van der Waals surface area contributed by atoms with Crippen molar-refractivity contribution in [1.29, 1.82) is 0 Å². The molecule has 0 radical (unpaired) electrons. The number of aromatic amines is 1. The maximum Gasteiger partial charge on any atom is 0.160 e. The zero-order valence-corrected chi connectivity index (χ0v) is 15.2. The molecule has 1 unspecified atom stereocenters. The topological polar surface area (TPSA) is 95.8 Å². The predicted molar refractivity (Wildman–Crippen MR) is 106 cm³/mol. The van der Waals surface area contributed by atoms with Gasteiger partial charge >= 0.3 is 0 Å². The second-order valence-electron chi connectivity index (χ2n) is 7.57. The van der Waals surface area contributed by atoms with E-state index in [9.17, 15) is 0 Å². The monoisotopic (exact) mass is 361 g/mol. The lowest BCUT2D eigenvalue weighted by molar-refractivity contribution is 0.369. The third-order valence-electron chi connectivity index (χ3n) is 5.77. The average Bonchev–Trinajstić information content (AvgIpc) is 3.45. The number of H-pyrrole nitrogens is 1. The number of nitrogen functional groups attached to an aromatic ring is 1. The van der Waals surface area contributed by atoms with Crippen LogP contribution in [-0.2, 0) is 0 Å². The molecule has 27 heavy (non-hydrogen) atoms. The molecule has 4 heterocycles. The summed E-state index contributed by atoms with van der Waals surface area (Å²) >= 11 is 0. The van der Waals surface area contributed by atoms with E-state index in [1.54, 1.807) is 6.20 Å². The van der Waals surface area contributed by atoms with E-state index >= 15 is 0 Å². The minimum atomic E-state index is 0.383. The standard InChI is InChI=1S/C20H23N7/c21-18-17(19-24-10-15(25-19)14-4-2-1-3-5-14)26-16(11-23-18)27-9-7-20(13-27)6-8-22-12-20/h1-5,10-11,22H,6-9,12-13H2,(H2,21,23)(H,24,25). The zero-order chi connectivity index (χ0) is 18.3. The predicted octanol–water partition coefficient (Wildman–Crippen LogP) is 2.31. The zero-order valence-electron chi connectivity index (χ0n) is 15.2. The Hall–Kier alpha value is -2.93. The number of nitrogens with two attached hydrogens (primary N) is 1. The van der Waals surface area contributed by atoms with Crippen LogP contribution in [0.5, 0.6) is 0 Å². The molecule has 2 aromatic heterocycles. The fourth-order valence-corrected chi connectivity index (χ4v) is 4.20. The van der Waals surface area contributed by atoms with E-state index in [-0.39, 0.29) is 0 Å². The van der Waals surface area contributed by atoms with E-state index in [2.05, 4.69) is 25.2 Å². The Morgan fingerprint density at radius 2 is 1.96 bits per heavy atom. The van der Waals surface area contributed by atoms with Gasteiger partial charge in [0.1, 0.15) is 5.82 Å². The number of anilines is 2. The van der Waals surface area contributed by atoms with Gasteiger partial charge in [0, 0.05) is 25.0 Å². The number of hydrogen-bond donors (Lipinski definition) is 3. The second-order valence-corrected chi connectivity index (χ2v) is 7.57. The fraction of sp³-hybridized carbons (Fsp3) is 0.350. The lowest BCUT2D eigenvalue weighted by Crippen LogP contribution is -2.29. The van der Waals surface area contributed by atoms with Crippen molar-refractivity contribution in [3.63, 3.8) is 0 Å². The highest BCUT2D eigenvalue weighted by atomic mass is 15.2. The lowest BCUT2D eigenvalue weighted by atomic mass is 9.87. The van der Waals surface area contributed by atoms with E-state index in [4.69, 9.17) is 10.7 Å². The summed E-state index contributed by atoms with van der Waals surface area (Å²) in [6, 6.07) is 10.1. The molecule has 2 aliphatic rings. The molecular formula is C20H23N7. The maximum atomic E-state index is 6.12. The van der Waals surface area contributed by atoms with E-state index in [1.165, 1.54) is 12.8 Å². The van der Waals surface area contributed by atoms with Crippen LogP contribution in [0.25, 0.3) is 22.8 Å². The summed E-state index contributed by atoms with van der Waals surface area (Å²) in [6.07, 6.45) is 6.02. The van der Waals surface area contributed by atoms with Crippen LogP contribution in [0.1, 0.15) is 12.8 Å². The summed E-state index contributed by atoms with van der Waals surface area (Å²) in [5.74, 6) is 1.92. The molecule has 138 valence electrons. The summed E-state index contributed by atoms with van der Waals surface area (Å²) in [6.45, 7) is 4.23. The number of benzene rings is 1. The minimum absolute atomic E-state index is 0.383. The number of nitrogens with zero attached hydrogens (tertiary/aromatic N) is 4. The van der Waals surface area contributed by atoms with Crippen LogP contribution >= 0.6 is 0 Å². The highest BCUT2D eigenvalue weighted by Gasteiger charge is 2.40. The molecule has 2 fully saturated rings. The van der Waals surface area contributed by atoms with Gasteiger partial charge in [0.2, 0.25) is 0 Å². The summed E-state index contributed by atoms with van der Waals surface area (Å²) in [5.41, 5.74) is 9.13. The van der Waals surface area contributed by atoms with E-state index in [0.29, 0.717) is 22.8 Å². The smallest absolute Gasteiger partial charge is 0.160 e. The Kier molecular flexibility index (Phi) is 3.82. The summed E-state index contributed by atoms with van der Waals surface area (Å²) in [7, 11) is 0. The molecule has 1 aromatic carbocycles.